The summed E-state index contributed by atoms with van der Waals surface area (Å²) >= 11 is 3.41. The number of piperazine rings is 1. The van der Waals surface area contributed by atoms with Crippen LogP contribution in [0.25, 0.3) is 0 Å². The van der Waals surface area contributed by atoms with Crippen LogP contribution in [0.3, 0.4) is 0 Å². The minimum Gasteiger partial charge on any atom is -0.354 e. The summed E-state index contributed by atoms with van der Waals surface area (Å²) in [6.45, 7) is 8.94. The highest BCUT2D eigenvalue weighted by atomic mass is 79.9. The second-order valence-electron chi connectivity index (χ2n) is 4.26. The smallest absolute Gasteiger partial charge is 0.128 e. The van der Waals surface area contributed by atoms with Crippen molar-refractivity contribution < 1.29 is 0 Å². The van der Waals surface area contributed by atoms with E-state index in [-0.39, 0.29) is 0 Å². The number of nitrogens with zero attached hydrogens (tertiary/aromatic N) is 3. The second kappa shape index (κ2) is 5.15. The molecule has 1 unspecified atom stereocenters. The Morgan fingerprint density at radius 2 is 2.25 bits per heavy atom. The van der Waals surface area contributed by atoms with Gasteiger partial charge in [0.05, 0.1) is 0 Å². The topological polar surface area (TPSA) is 19.4 Å². The van der Waals surface area contributed by atoms with Crippen molar-refractivity contribution >= 4 is 21.7 Å². The van der Waals surface area contributed by atoms with E-state index in [4.69, 9.17) is 0 Å². The van der Waals surface area contributed by atoms with E-state index in [1.165, 1.54) is 0 Å². The molecule has 2 heterocycles. The van der Waals surface area contributed by atoms with Gasteiger partial charge in [-0.3, -0.25) is 4.90 Å². The van der Waals surface area contributed by atoms with E-state index in [1.54, 1.807) is 0 Å². The summed E-state index contributed by atoms with van der Waals surface area (Å²) in [7, 11) is 0. The van der Waals surface area contributed by atoms with Crippen LogP contribution in [0.2, 0.25) is 0 Å². The van der Waals surface area contributed by atoms with Gasteiger partial charge in [0.1, 0.15) is 5.82 Å². The Balaban J connectivity index is 2.04. The molecular formula is C12H18BrN3. The lowest BCUT2D eigenvalue weighted by atomic mass is 10.2. The maximum Gasteiger partial charge on any atom is 0.128 e. The van der Waals surface area contributed by atoms with E-state index in [9.17, 15) is 0 Å². The largest absolute Gasteiger partial charge is 0.354 e. The van der Waals surface area contributed by atoms with Gasteiger partial charge in [0, 0.05) is 36.3 Å². The Kier molecular flexibility index (Phi) is 3.82. The first-order valence-electron chi connectivity index (χ1n) is 5.81. The van der Waals surface area contributed by atoms with Crippen molar-refractivity contribution in [1.82, 2.24) is 9.88 Å². The number of rotatable bonds is 2. The molecule has 1 aromatic rings. The predicted octanol–water partition coefficient (Wildman–Crippen LogP) is 2.37. The lowest BCUT2D eigenvalue weighted by Gasteiger charge is -2.39. The second-order valence-corrected chi connectivity index (χ2v) is 5.17. The molecule has 88 valence electrons. The maximum absolute atomic E-state index is 4.45. The Labute approximate surface area is 106 Å². The van der Waals surface area contributed by atoms with Crippen LogP contribution in [0.1, 0.15) is 13.8 Å². The molecule has 0 aromatic carbocycles. The summed E-state index contributed by atoms with van der Waals surface area (Å²) < 4.78 is 1.04. The normalized spacial score (nSPS) is 22.4. The van der Waals surface area contributed by atoms with E-state index in [1.807, 2.05) is 6.20 Å². The molecule has 0 N–H and O–H groups in total. The van der Waals surface area contributed by atoms with Gasteiger partial charge in [-0.05, 0) is 41.5 Å². The highest BCUT2D eigenvalue weighted by molar-refractivity contribution is 9.10. The SMILES string of the molecule is CCN1CCN(c2ccc(Br)cn2)CC1C. The van der Waals surface area contributed by atoms with Gasteiger partial charge < -0.3 is 4.90 Å². The van der Waals surface area contributed by atoms with Crippen molar-refractivity contribution in [2.24, 2.45) is 0 Å². The van der Waals surface area contributed by atoms with Crippen molar-refractivity contribution in [3.8, 4) is 0 Å². The van der Waals surface area contributed by atoms with Crippen LogP contribution in [0.5, 0.6) is 0 Å². The van der Waals surface area contributed by atoms with Gasteiger partial charge in [0.15, 0.2) is 0 Å². The Morgan fingerprint density at radius 3 is 2.81 bits per heavy atom. The van der Waals surface area contributed by atoms with Gasteiger partial charge in [0.2, 0.25) is 0 Å². The minimum atomic E-state index is 0.615. The zero-order valence-electron chi connectivity index (χ0n) is 9.86. The number of likely N-dealkylation sites (N-methyl/N-ethyl adjacent to an activating group) is 1. The summed E-state index contributed by atoms with van der Waals surface area (Å²) in [5.41, 5.74) is 0. The van der Waals surface area contributed by atoms with Crippen LogP contribution in [0.15, 0.2) is 22.8 Å². The number of anilines is 1. The molecule has 1 fully saturated rings. The number of pyridine rings is 1. The lowest BCUT2D eigenvalue weighted by Crippen LogP contribution is -2.51. The van der Waals surface area contributed by atoms with Crippen LogP contribution in [-0.2, 0) is 0 Å². The highest BCUT2D eigenvalue weighted by Crippen LogP contribution is 2.18. The van der Waals surface area contributed by atoms with Crippen molar-refractivity contribution in [3.05, 3.63) is 22.8 Å². The minimum absolute atomic E-state index is 0.615. The van der Waals surface area contributed by atoms with E-state index >= 15 is 0 Å². The number of hydrogen-bond acceptors (Lipinski definition) is 3. The fraction of sp³-hybridized carbons (Fsp3) is 0.583. The maximum atomic E-state index is 4.45. The molecule has 1 atom stereocenters. The lowest BCUT2D eigenvalue weighted by molar-refractivity contribution is 0.199. The number of hydrogen-bond donors (Lipinski definition) is 0. The molecule has 0 radical (unpaired) electrons. The molecule has 1 saturated heterocycles. The first kappa shape index (κ1) is 11.9. The van der Waals surface area contributed by atoms with E-state index in [0.29, 0.717) is 6.04 Å². The van der Waals surface area contributed by atoms with Crippen molar-refractivity contribution in [3.63, 3.8) is 0 Å². The standard InChI is InChI=1S/C12H18BrN3/c1-3-15-6-7-16(9-10(15)2)12-5-4-11(13)8-14-12/h4-5,8,10H,3,6-7,9H2,1-2H3. The van der Waals surface area contributed by atoms with Crippen LogP contribution >= 0.6 is 15.9 Å². The Morgan fingerprint density at radius 1 is 1.44 bits per heavy atom. The molecular weight excluding hydrogens is 266 g/mol. The number of aromatic nitrogens is 1. The summed E-state index contributed by atoms with van der Waals surface area (Å²) in [5.74, 6) is 1.09. The third-order valence-corrected chi connectivity index (χ3v) is 3.68. The summed E-state index contributed by atoms with van der Waals surface area (Å²) in [5, 5.41) is 0. The van der Waals surface area contributed by atoms with Gasteiger partial charge in [-0.25, -0.2) is 4.98 Å². The van der Waals surface area contributed by atoms with E-state index in [2.05, 4.69) is 56.7 Å². The summed E-state index contributed by atoms with van der Waals surface area (Å²) in [6.07, 6.45) is 1.87. The van der Waals surface area contributed by atoms with Crippen molar-refractivity contribution in [2.45, 2.75) is 19.9 Å². The molecule has 0 spiro atoms. The molecule has 0 aliphatic carbocycles. The number of halogens is 1. The molecule has 0 bridgehead atoms. The van der Waals surface area contributed by atoms with E-state index < -0.39 is 0 Å². The monoisotopic (exact) mass is 283 g/mol. The van der Waals surface area contributed by atoms with E-state index in [0.717, 1.165) is 36.5 Å². The first-order valence-corrected chi connectivity index (χ1v) is 6.60. The fourth-order valence-electron chi connectivity index (χ4n) is 2.23. The van der Waals surface area contributed by atoms with Crippen molar-refractivity contribution in [1.29, 1.82) is 0 Å². The van der Waals surface area contributed by atoms with Crippen molar-refractivity contribution in [2.75, 3.05) is 31.1 Å². The van der Waals surface area contributed by atoms with Gasteiger partial charge in [0.25, 0.3) is 0 Å². The molecule has 16 heavy (non-hydrogen) atoms. The van der Waals surface area contributed by atoms with Gasteiger partial charge in [-0.2, -0.15) is 0 Å². The third kappa shape index (κ3) is 2.55. The predicted molar refractivity (Wildman–Crippen MR) is 70.9 cm³/mol. The molecule has 0 amide bonds. The zero-order chi connectivity index (χ0) is 11.5. The quantitative estimate of drug-likeness (QED) is 0.831. The Hall–Kier alpha value is -0.610. The van der Waals surface area contributed by atoms with Crippen LogP contribution in [-0.4, -0.2) is 42.1 Å². The van der Waals surface area contributed by atoms with Gasteiger partial charge in [-0.15, -0.1) is 0 Å². The molecule has 1 aliphatic rings. The van der Waals surface area contributed by atoms with Crippen LogP contribution in [0, 0.1) is 0 Å². The zero-order valence-corrected chi connectivity index (χ0v) is 11.4. The first-order chi connectivity index (χ1) is 7.70. The molecule has 1 aromatic heterocycles. The Bertz CT molecular complexity index is 339. The van der Waals surface area contributed by atoms with Crippen LogP contribution < -0.4 is 4.90 Å². The molecule has 1 aliphatic heterocycles. The fourth-order valence-corrected chi connectivity index (χ4v) is 2.46. The highest BCUT2D eigenvalue weighted by Gasteiger charge is 2.22. The van der Waals surface area contributed by atoms with Gasteiger partial charge in [-0.1, -0.05) is 6.92 Å². The average Bonchev–Trinajstić information content (AvgIpc) is 2.30. The average molecular weight is 284 g/mol. The van der Waals surface area contributed by atoms with Crippen LogP contribution in [0.4, 0.5) is 5.82 Å². The summed E-state index contributed by atoms with van der Waals surface area (Å²) in [6, 6.07) is 4.75. The van der Waals surface area contributed by atoms with Gasteiger partial charge >= 0.3 is 0 Å². The molecule has 3 nitrogen and oxygen atoms in total. The molecule has 0 saturated carbocycles. The molecule has 4 heteroatoms. The third-order valence-electron chi connectivity index (χ3n) is 3.21. The summed E-state index contributed by atoms with van der Waals surface area (Å²) in [4.78, 5) is 9.32. The molecule has 2 rings (SSSR count).